The first-order valence-electron chi connectivity index (χ1n) is 7.30. The highest BCUT2D eigenvalue weighted by Gasteiger charge is 2.21. The molecule has 0 saturated heterocycles. The van der Waals surface area contributed by atoms with Crippen molar-refractivity contribution < 1.29 is 28.2 Å². The molecular formula is C17H14FNO5S. The van der Waals surface area contributed by atoms with Crippen LogP contribution in [0.15, 0.2) is 34.7 Å². The topological polar surface area (TPSA) is 88.8 Å². The monoisotopic (exact) mass is 363 g/mol. The Labute approximate surface area is 145 Å². The number of furan rings is 1. The molecule has 0 spiro atoms. The predicted octanol–water partition coefficient (Wildman–Crippen LogP) is 3.41. The fourth-order valence-electron chi connectivity index (χ4n) is 2.48. The Hall–Kier alpha value is -2.71. The molecule has 2 N–H and O–H groups in total. The van der Waals surface area contributed by atoms with Gasteiger partial charge >= 0.3 is 5.97 Å². The molecule has 8 heteroatoms. The van der Waals surface area contributed by atoms with Crippen molar-refractivity contribution in [2.75, 3.05) is 7.11 Å². The summed E-state index contributed by atoms with van der Waals surface area (Å²) >= 11 is 0.974. The number of amides is 1. The number of halogens is 1. The lowest BCUT2D eigenvalue weighted by Gasteiger charge is -2.05. The van der Waals surface area contributed by atoms with Crippen LogP contribution in [0.4, 0.5) is 4.39 Å². The maximum Gasteiger partial charge on any atom is 0.346 e. The van der Waals surface area contributed by atoms with E-state index in [-0.39, 0.29) is 34.7 Å². The van der Waals surface area contributed by atoms with Crippen LogP contribution in [-0.4, -0.2) is 24.1 Å². The fraction of sp³-hybridized carbons (Fsp3) is 0.176. The predicted molar refractivity (Wildman–Crippen MR) is 89.3 cm³/mol. The zero-order valence-corrected chi connectivity index (χ0v) is 14.0. The highest BCUT2D eigenvalue weighted by atomic mass is 32.1. The molecule has 130 valence electrons. The first-order chi connectivity index (χ1) is 12.0. The summed E-state index contributed by atoms with van der Waals surface area (Å²) in [6, 6.07) is 7.52. The van der Waals surface area contributed by atoms with E-state index in [1.165, 1.54) is 25.3 Å². The first kappa shape index (κ1) is 17.1. The molecule has 0 aliphatic rings. The summed E-state index contributed by atoms with van der Waals surface area (Å²) < 4.78 is 24.9. The molecule has 0 aliphatic heterocycles. The van der Waals surface area contributed by atoms with Crippen LogP contribution < -0.4 is 5.32 Å². The molecule has 3 aromatic rings. The Kier molecular flexibility index (Phi) is 4.82. The van der Waals surface area contributed by atoms with Gasteiger partial charge in [-0.05, 0) is 24.3 Å². The Morgan fingerprint density at radius 2 is 2.12 bits per heavy atom. The minimum Gasteiger partial charge on any atom is -0.477 e. The van der Waals surface area contributed by atoms with E-state index < -0.39 is 17.7 Å². The molecule has 0 radical (unpaired) electrons. The number of ether oxygens (including phenoxy) is 1. The number of rotatable bonds is 6. The number of thiophene rings is 1. The van der Waals surface area contributed by atoms with Crippen molar-refractivity contribution in [2.24, 2.45) is 0 Å². The minimum absolute atomic E-state index is 0.0000769. The number of carboxylic acid groups (broad SMARTS) is 1. The minimum atomic E-state index is -1.16. The van der Waals surface area contributed by atoms with Gasteiger partial charge in [0.25, 0.3) is 5.91 Å². The Balaban J connectivity index is 1.85. The molecular weight excluding hydrogens is 349 g/mol. The van der Waals surface area contributed by atoms with Gasteiger partial charge in [0.15, 0.2) is 5.76 Å². The second-order valence-corrected chi connectivity index (χ2v) is 6.26. The van der Waals surface area contributed by atoms with Crippen LogP contribution in [0.2, 0.25) is 0 Å². The second kappa shape index (κ2) is 7.04. The maximum atomic E-state index is 14.1. The molecule has 25 heavy (non-hydrogen) atoms. The van der Waals surface area contributed by atoms with E-state index in [1.807, 2.05) is 0 Å². The summed E-state index contributed by atoms with van der Waals surface area (Å²) in [5, 5.41) is 12.1. The van der Waals surface area contributed by atoms with Gasteiger partial charge in [0.05, 0.1) is 0 Å². The van der Waals surface area contributed by atoms with Crippen LogP contribution in [-0.2, 0) is 17.9 Å². The van der Waals surface area contributed by atoms with Crippen LogP contribution in [0.25, 0.3) is 10.1 Å². The van der Waals surface area contributed by atoms with E-state index in [2.05, 4.69) is 5.32 Å². The third-order valence-electron chi connectivity index (χ3n) is 3.56. The van der Waals surface area contributed by atoms with Gasteiger partial charge in [-0.1, -0.05) is 6.07 Å². The summed E-state index contributed by atoms with van der Waals surface area (Å²) in [6.07, 6.45) is 0. The lowest BCUT2D eigenvalue weighted by Crippen LogP contribution is -2.23. The molecule has 0 unspecified atom stereocenters. The van der Waals surface area contributed by atoms with Crippen molar-refractivity contribution in [3.63, 3.8) is 0 Å². The number of hydrogen-bond acceptors (Lipinski definition) is 5. The smallest absolute Gasteiger partial charge is 0.346 e. The molecule has 0 fully saturated rings. The van der Waals surface area contributed by atoms with Gasteiger partial charge in [-0.25, -0.2) is 9.18 Å². The average Bonchev–Trinajstić information content (AvgIpc) is 3.18. The lowest BCUT2D eigenvalue weighted by atomic mass is 10.1. The molecule has 1 aromatic carbocycles. The summed E-state index contributed by atoms with van der Waals surface area (Å²) in [5.74, 6) is -1.64. The number of nitrogens with one attached hydrogen (secondary N) is 1. The molecule has 0 atom stereocenters. The molecule has 3 rings (SSSR count). The Morgan fingerprint density at radius 3 is 2.84 bits per heavy atom. The highest BCUT2D eigenvalue weighted by Crippen LogP contribution is 2.33. The van der Waals surface area contributed by atoms with E-state index in [0.717, 1.165) is 11.3 Å². The second-order valence-electron chi connectivity index (χ2n) is 5.21. The Bertz CT molecular complexity index is 946. The van der Waals surface area contributed by atoms with E-state index in [1.54, 1.807) is 12.1 Å². The number of methoxy groups -OCH3 is 1. The van der Waals surface area contributed by atoms with Crippen LogP contribution >= 0.6 is 11.3 Å². The van der Waals surface area contributed by atoms with Gasteiger partial charge in [-0.3, -0.25) is 4.79 Å². The van der Waals surface area contributed by atoms with Gasteiger partial charge in [-0.15, -0.1) is 11.3 Å². The van der Waals surface area contributed by atoms with Crippen LogP contribution in [0.1, 0.15) is 31.6 Å². The number of fused-ring (bicyclic) bond motifs is 1. The van der Waals surface area contributed by atoms with Gasteiger partial charge in [-0.2, -0.15) is 0 Å². The maximum absolute atomic E-state index is 14.1. The SMILES string of the molecule is COCc1ccc(C(=O)NCc2c(C(=O)O)sc3cccc(F)c23)o1. The van der Waals surface area contributed by atoms with Crippen molar-refractivity contribution in [1.82, 2.24) is 5.32 Å². The van der Waals surface area contributed by atoms with Gasteiger partial charge in [0, 0.05) is 29.3 Å². The van der Waals surface area contributed by atoms with Crippen molar-refractivity contribution in [3.05, 3.63) is 58.1 Å². The van der Waals surface area contributed by atoms with E-state index in [4.69, 9.17) is 9.15 Å². The molecule has 0 saturated carbocycles. The number of benzene rings is 1. The third-order valence-corrected chi connectivity index (χ3v) is 4.74. The molecule has 2 heterocycles. The molecule has 2 aromatic heterocycles. The largest absolute Gasteiger partial charge is 0.477 e. The van der Waals surface area contributed by atoms with Crippen LogP contribution in [0.5, 0.6) is 0 Å². The van der Waals surface area contributed by atoms with Gasteiger partial charge in [0.1, 0.15) is 23.1 Å². The molecule has 0 aliphatic carbocycles. The van der Waals surface area contributed by atoms with E-state index >= 15 is 0 Å². The standard InChI is InChI=1S/C17H14FNO5S/c1-23-8-9-5-6-12(24-9)16(20)19-7-10-14-11(18)3-2-4-13(14)25-15(10)17(21)22/h2-6H,7-8H2,1H3,(H,19,20)(H,21,22). The summed E-state index contributed by atoms with van der Waals surface area (Å²) in [6.45, 7) is 0.110. The van der Waals surface area contributed by atoms with Crippen LogP contribution in [0.3, 0.4) is 0 Å². The van der Waals surface area contributed by atoms with Gasteiger partial charge < -0.3 is 19.6 Å². The fourth-order valence-corrected chi connectivity index (χ4v) is 3.56. The quantitative estimate of drug-likeness (QED) is 0.701. The lowest BCUT2D eigenvalue weighted by molar-refractivity contribution is 0.0700. The van der Waals surface area contributed by atoms with Crippen molar-refractivity contribution in [2.45, 2.75) is 13.2 Å². The van der Waals surface area contributed by atoms with E-state index in [9.17, 15) is 19.1 Å². The Morgan fingerprint density at radius 1 is 1.32 bits per heavy atom. The highest BCUT2D eigenvalue weighted by molar-refractivity contribution is 7.21. The number of aromatic carboxylic acids is 1. The van der Waals surface area contributed by atoms with Crippen molar-refractivity contribution in [3.8, 4) is 0 Å². The number of carbonyl (C=O) groups excluding carboxylic acids is 1. The molecule has 1 amide bonds. The average molecular weight is 363 g/mol. The van der Waals surface area contributed by atoms with Gasteiger partial charge in [0.2, 0.25) is 0 Å². The summed E-state index contributed by atoms with van der Waals surface area (Å²) in [7, 11) is 1.51. The van der Waals surface area contributed by atoms with Crippen molar-refractivity contribution in [1.29, 1.82) is 0 Å². The number of carbonyl (C=O) groups is 2. The summed E-state index contributed by atoms with van der Waals surface area (Å²) in [4.78, 5) is 23.6. The zero-order chi connectivity index (χ0) is 18.0. The van der Waals surface area contributed by atoms with Crippen LogP contribution in [0, 0.1) is 5.82 Å². The number of carboxylic acids is 1. The normalized spacial score (nSPS) is 11.0. The van der Waals surface area contributed by atoms with Crippen molar-refractivity contribution >= 4 is 33.3 Å². The third kappa shape index (κ3) is 3.40. The zero-order valence-electron chi connectivity index (χ0n) is 13.2. The molecule has 0 bridgehead atoms. The summed E-state index contributed by atoms with van der Waals surface area (Å²) in [5.41, 5.74) is 0.239. The number of hydrogen-bond donors (Lipinski definition) is 2. The first-order valence-corrected chi connectivity index (χ1v) is 8.12. The van der Waals surface area contributed by atoms with E-state index in [0.29, 0.717) is 10.5 Å². The molecule has 6 nitrogen and oxygen atoms in total.